The molecule has 19 heavy (non-hydrogen) atoms. The SMILES string of the molecule is CC(N)(CCCN1CCOC2CCCCC21)C(=O)O. The molecule has 1 aliphatic heterocycles. The molecule has 0 spiro atoms. The number of carboxylic acid groups (broad SMARTS) is 1. The molecule has 0 aromatic carbocycles. The van der Waals surface area contributed by atoms with Gasteiger partial charge in [-0.2, -0.15) is 0 Å². The van der Waals surface area contributed by atoms with E-state index in [1.54, 1.807) is 6.92 Å². The molecule has 2 fully saturated rings. The molecule has 3 N–H and O–H groups in total. The Balaban J connectivity index is 1.80. The molecular formula is C14H26N2O3. The third kappa shape index (κ3) is 3.68. The minimum Gasteiger partial charge on any atom is -0.480 e. The smallest absolute Gasteiger partial charge is 0.323 e. The molecule has 1 heterocycles. The van der Waals surface area contributed by atoms with Crippen LogP contribution in [-0.4, -0.2) is 53.4 Å². The lowest BCUT2D eigenvalue weighted by molar-refractivity contribution is -0.143. The number of morpholine rings is 1. The van der Waals surface area contributed by atoms with Gasteiger partial charge in [0.05, 0.1) is 12.7 Å². The second-order valence-electron chi connectivity index (χ2n) is 6.12. The summed E-state index contributed by atoms with van der Waals surface area (Å²) >= 11 is 0. The largest absolute Gasteiger partial charge is 0.480 e. The molecule has 0 bridgehead atoms. The monoisotopic (exact) mass is 270 g/mol. The maximum absolute atomic E-state index is 11.0. The first-order chi connectivity index (χ1) is 9.00. The Bertz CT molecular complexity index is 318. The van der Waals surface area contributed by atoms with E-state index in [9.17, 15) is 4.79 Å². The Morgan fingerprint density at radius 1 is 1.47 bits per heavy atom. The number of fused-ring (bicyclic) bond motifs is 1. The van der Waals surface area contributed by atoms with Crippen molar-refractivity contribution >= 4 is 5.97 Å². The van der Waals surface area contributed by atoms with Gasteiger partial charge in [0.2, 0.25) is 0 Å². The van der Waals surface area contributed by atoms with Crippen LogP contribution in [0.3, 0.4) is 0 Å². The summed E-state index contributed by atoms with van der Waals surface area (Å²) in [6.45, 7) is 4.30. The molecule has 5 nitrogen and oxygen atoms in total. The fraction of sp³-hybridized carbons (Fsp3) is 0.929. The Hall–Kier alpha value is -0.650. The van der Waals surface area contributed by atoms with E-state index >= 15 is 0 Å². The van der Waals surface area contributed by atoms with Crippen molar-refractivity contribution in [3.05, 3.63) is 0 Å². The van der Waals surface area contributed by atoms with Crippen LogP contribution in [0.25, 0.3) is 0 Å². The standard InChI is InChI=1S/C14H26N2O3/c1-14(15,13(17)18)7-4-8-16-9-10-19-12-6-3-2-5-11(12)16/h11-12H,2-10,15H2,1H3,(H,17,18). The quantitative estimate of drug-likeness (QED) is 0.785. The van der Waals surface area contributed by atoms with Crippen LogP contribution in [0.4, 0.5) is 0 Å². The summed E-state index contributed by atoms with van der Waals surface area (Å²) in [5, 5.41) is 9.01. The minimum absolute atomic E-state index is 0.395. The summed E-state index contributed by atoms with van der Waals surface area (Å²) in [5.41, 5.74) is 4.67. The molecule has 0 radical (unpaired) electrons. The van der Waals surface area contributed by atoms with Gasteiger partial charge in [0, 0.05) is 12.6 Å². The lowest BCUT2D eigenvalue weighted by Crippen LogP contribution is -2.53. The third-order valence-corrected chi connectivity index (χ3v) is 4.48. The molecule has 0 aromatic heterocycles. The highest BCUT2D eigenvalue weighted by molar-refractivity contribution is 5.77. The molecule has 1 saturated heterocycles. The highest BCUT2D eigenvalue weighted by Gasteiger charge is 2.34. The Kier molecular flexibility index (Phi) is 4.81. The first kappa shape index (κ1) is 14.8. The molecular weight excluding hydrogens is 244 g/mol. The minimum atomic E-state index is -1.10. The van der Waals surface area contributed by atoms with Crippen molar-refractivity contribution in [2.24, 2.45) is 5.73 Å². The summed E-state index contributed by atoms with van der Waals surface area (Å²) in [6.07, 6.45) is 6.69. The number of hydrogen-bond donors (Lipinski definition) is 2. The van der Waals surface area contributed by atoms with Gasteiger partial charge in [-0.05, 0) is 39.2 Å². The Labute approximate surface area is 115 Å². The summed E-state index contributed by atoms with van der Waals surface area (Å²) in [7, 11) is 0. The van der Waals surface area contributed by atoms with Crippen molar-refractivity contribution < 1.29 is 14.6 Å². The molecule has 110 valence electrons. The van der Waals surface area contributed by atoms with Crippen molar-refractivity contribution in [3.63, 3.8) is 0 Å². The zero-order valence-electron chi connectivity index (χ0n) is 11.8. The lowest BCUT2D eigenvalue weighted by Gasteiger charge is -2.44. The van der Waals surface area contributed by atoms with E-state index in [1.807, 2.05) is 0 Å². The summed E-state index contributed by atoms with van der Waals surface area (Å²) < 4.78 is 5.84. The Morgan fingerprint density at radius 2 is 2.21 bits per heavy atom. The van der Waals surface area contributed by atoms with Crippen molar-refractivity contribution in [2.45, 2.75) is 63.1 Å². The number of carboxylic acids is 1. The normalized spacial score (nSPS) is 31.5. The van der Waals surface area contributed by atoms with Crippen molar-refractivity contribution in [1.82, 2.24) is 4.90 Å². The van der Waals surface area contributed by atoms with Crippen LogP contribution in [0.5, 0.6) is 0 Å². The molecule has 0 amide bonds. The van der Waals surface area contributed by atoms with Gasteiger partial charge in [-0.1, -0.05) is 12.8 Å². The maximum atomic E-state index is 11.0. The van der Waals surface area contributed by atoms with Gasteiger partial charge in [0.1, 0.15) is 5.54 Å². The highest BCUT2D eigenvalue weighted by atomic mass is 16.5. The van der Waals surface area contributed by atoms with Crippen LogP contribution < -0.4 is 5.73 Å². The number of rotatable bonds is 5. The van der Waals surface area contributed by atoms with E-state index < -0.39 is 11.5 Å². The molecule has 1 aliphatic carbocycles. The predicted molar refractivity (Wildman–Crippen MR) is 73.0 cm³/mol. The average Bonchev–Trinajstić information content (AvgIpc) is 2.38. The van der Waals surface area contributed by atoms with Crippen molar-refractivity contribution in [1.29, 1.82) is 0 Å². The van der Waals surface area contributed by atoms with Crippen molar-refractivity contribution in [2.75, 3.05) is 19.7 Å². The number of aliphatic carboxylic acids is 1. The van der Waals surface area contributed by atoms with Gasteiger partial charge in [-0.3, -0.25) is 9.69 Å². The van der Waals surface area contributed by atoms with Crippen molar-refractivity contribution in [3.8, 4) is 0 Å². The maximum Gasteiger partial charge on any atom is 0.323 e. The van der Waals surface area contributed by atoms with Gasteiger partial charge in [-0.15, -0.1) is 0 Å². The van der Waals surface area contributed by atoms with E-state index in [-0.39, 0.29) is 0 Å². The number of nitrogens with two attached hydrogens (primary N) is 1. The number of carbonyl (C=O) groups is 1. The van der Waals surface area contributed by atoms with Gasteiger partial charge >= 0.3 is 5.97 Å². The molecule has 1 saturated carbocycles. The second kappa shape index (κ2) is 6.20. The molecule has 2 aliphatic rings. The Morgan fingerprint density at radius 3 is 2.95 bits per heavy atom. The van der Waals surface area contributed by atoms with E-state index in [1.165, 1.54) is 25.7 Å². The zero-order valence-corrected chi connectivity index (χ0v) is 11.8. The molecule has 3 atom stereocenters. The number of ether oxygens (including phenoxy) is 1. The van der Waals surface area contributed by atoms with Crippen LogP contribution >= 0.6 is 0 Å². The summed E-state index contributed by atoms with van der Waals surface area (Å²) in [5.74, 6) is -0.912. The number of nitrogens with zero attached hydrogens (tertiary/aromatic N) is 1. The predicted octanol–water partition coefficient (Wildman–Crippen LogP) is 1.21. The van der Waals surface area contributed by atoms with Crippen LogP contribution in [-0.2, 0) is 9.53 Å². The average molecular weight is 270 g/mol. The lowest BCUT2D eigenvalue weighted by atomic mass is 9.89. The van der Waals surface area contributed by atoms with Gasteiger partial charge in [0.25, 0.3) is 0 Å². The summed E-state index contributed by atoms with van der Waals surface area (Å²) in [6, 6.07) is 0.538. The van der Waals surface area contributed by atoms with Gasteiger partial charge < -0.3 is 15.6 Å². The zero-order chi connectivity index (χ0) is 13.9. The fourth-order valence-corrected chi connectivity index (χ4v) is 3.21. The highest BCUT2D eigenvalue weighted by Crippen LogP contribution is 2.28. The molecule has 0 aromatic rings. The first-order valence-electron chi connectivity index (χ1n) is 7.38. The van der Waals surface area contributed by atoms with Crippen LogP contribution in [0.2, 0.25) is 0 Å². The van der Waals surface area contributed by atoms with Gasteiger partial charge in [0.15, 0.2) is 0 Å². The molecule has 3 unspecified atom stereocenters. The summed E-state index contributed by atoms with van der Waals surface area (Å²) in [4.78, 5) is 13.5. The second-order valence-corrected chi connectivity index (χ2v) is 6.12. The fourth-order valence-electron chi connectivity index (χ4n) is 3.21. The van der Waals surface area contributed by atoms with E-state index in [2.05, 4.69) is 4.90 Å². The van der Waals surface area contributed by atoms with Crippen LogP contribution in [0.1, 0.15) is 45.4 Å². The number of hydrogen-bond acceptors (Lipinski definition) is 4. The van der Waals surface area contributed by atoms with Crippen LogP contribution in [0, 0.1) is 0 Å². The first-order valence-corrected chi connectivity index (χ1v) is 7.38. The van der Waals surface area contributed by atoms with Crippen LogP contribution in [0.15, 0.2) is 0 Å². The van der Waals surface area contributed by atoms with Gasteiger partial charge in [-0.25, -0.2) is 0 Å². The van der Waals surface area contributed by atoms with E-state index in [0.717, 1.165) is 26.1 Å². The van der Waals surface area contributed by atoms with E-state index in [4.69, 9.17) is 15.6 Å². The van der Waals surface area contributed by atoms with E-state index in [0.29, 0.717) is 18.6 Å². The molecule has 5 heteroatoms. The molecule has 2 rings (SSSR count). The third-order valence-electron chi connectivity index (χ3n) is 4.48. The topological polar surface area (TPSA) is 75.8 Å².